The molecule has 33 heavy (non-hydrogen) atoms. The van der Waals surface area contributed by atoms with Gasteiger partial charge in [0.05, 0.1) is 17.0 Å². The minimum atomic E-state index is -3.81. The number of carbonyl (C=O) groups is 1. The quantitative estimate of drug-likeness (QED) is 0.448. The van der Waals surface area contributed by atoms with Gasteiger partial charge in [0.25, 0.3) is 5.91 Å². The van der Waals surface area contributed by atoms with Crippen LogP contribution < -0.4 is 19.5 Å². The van der Waals surface area contributed by atoms with Gasteiger partial charge in [-0.1, -0.05) is 60.1 Å². The molecule has 0 saturated carbocycles. The Morgan fingerprint density at radius 1 is 1.00 bits per heavy atom. The second-order valence-corrected chi connectivity index (χ2v) is 9.34. The predicted octanol–water partition coefficient (Wildman–Crippen LogP) is 4.08. The maximum absolute atomic E-state index is 12.7. The molecule has 0 unspecified atom stereocenters. The summed E-state index contributed by atoms with van der Waals surface area (Å²) in [5, 5.41) is 2.83. The molecule has 3 rings (SSSR count). The van der Waals surface area contributed by atoms with Gasteiger partial charge in [0.15, 0.2) is 6.61 Å². The van der Waals surface area contributed by atoms with Crippen molar-refractivity contribution in [3.05, 3.63) is 88.9 Å². The second kappa shape index (κ2) is 11.2. The zero-order chi connectivity index (χ0) is 23.8. The number of sulfonamides is 1. The topological polar surface area (TPSA) is 93.7 Å². The average Bonchev–Trinajstić information content (AvgIpc) is 2.82. The van der Waals surface area contributed by atoms with Crippen molar-refractivity contribution in [1.82, 2.24) is 10.0 Å². The summed E-state index contributed by atoms with van der Waals surface area (Å²) in [4.78, 5) is 12.2. The van der Waals surface area contributed by atoms with Gasteiger partial charge in [0.1, 0.15) is 11.5 Å². The highest BCUT2D eigenvalue weighted by molar-refractivity contribution is 7.89. The molecule has 0 aliphatic heterocycles. The summed E-state index contributed by atoms with van der Waals surface area (Å²) in [5.41, 5.74) is 1.67. The minimum absolute atomic E-state index is 0.00301. The van der Waals surface area contributed by atoms with Crippen molar-refractivity contribution in [2.45, 2.75) is 24.4 Å². The smallest absolute Gasteiger partial charge is 0.258 e. The fourth-order valence-corrected chi connectivity index (χ4v) is 4.67. The molecule has 0 spiro atoms. The number of halogens is 1. The van der Waals surface area contributed by atoms with E-state index in [0.29, 0.717) is 5.75 Å². The lowest BCUT2D eigenvalue weighted by Gasteiger charge is -2.15. The summed E-state index contributed by atoms with van der Waals surface area (Å²) in [6, 6.07) is 20.3. The Kier molecular flexibility index (Phi) is 8.32. The molecule has 1 atom stereocenters. The molecule has 1 amide bonds. The first kappa shape index (κ1) is 24.6. The molecule has 0 saturated heterocycles. The zero-order valence-electron chi connectivity index (χ0n) is 18.2. The number of para-hydroxylation sites is 1. The summed E-state index contributed by atoms with van der Waals surface area (Å²) in [5.74, 6) is 0.528. The van der Waals surface area contributed by atoms with Gasteiger partial charge in [-0.15, -0.1) is 0 Å². The number of hydrogen-bond acceptors (Lipinski definition) is 5. The standard InChI is InChI=1S/C24H25ClN2O5S/c1-17(18-8-4-3-5-9-18)27-33(29,30)20-12-13-23(21(25)14-20)32-16-24(28)26-15-19-10-6-7-11-22(19)31-2/h3-14,17,27H,15-16H2,1-2H3,(H,26,28)/t17-/m1/s1. The van der Waals surface area contributed by atoms with Crippen molar-refractivity contribution >= 4 is 27.5 Å². The van der Waals surface area contributed by atoms with Crippen LogP contribution in [0, 0.1) is 0 Å². The number of rotatable bonds is 10. The molecule has 3 aromatic rings. The molecular weight excluding hydrogens is 464 g/mol. The Hall–Kier alpha value is -3.07. The number of hydrogen-bond donors (Lipinski definition) is 2. The summed E-state index contributed by atoms with van der Waals surface area (Å²) in [6.45, 7) is 1.77. The molecule has 0 bridgehead atoms. The highest BCUT2D eigenvalue weighted by Crippen LogP contribution is 2.28. The van der Waals surface area contributed by atoms with Crippen molar-refractivity contribution in [3.8, 4) is 11.5 Å². The molecular formula is C24H25ClN2O5S. The van der Waals surface area contributed by atoms with E-state index in [9.17, 15) is 13.2 Å². The average molecular weight is 489 g/mol. The summed E-state index contributed by atoms with van der Waals surface area (Å²) in [7, 11) is -2.24. The number of ether oxygens (including phenoxy) is 2. The Morgan fingerprint density at radius 3 is 2.39 bits per heavy atom. The van der Waals surface area contributed by atoms with E-state index >= 15 is 0 Å². The molecule has 0 heterocycles. The van der Waals surface area contributed by atoms with Crippen LogP contribution in [0.15, 0.2) is 77.7 Å². The van der Waals surface area contributed by atoms with Gasteiger partial charge in [-0.2, -0.15) is 0 Å². The largest absolute Gasteiger partial charge is 0.496 e. The van der Waals surface area contributed by atoms with Crippen molar-refractivity contribution in [1.29, 1.82) is 0 Å². The second-order valence-electron chi connectivity index (χ2n) is 7.22. The van der Waals surface area contributed by atoms with Crippen LogP contribution in [-0.4, -0.2) is 28.0 Å². The van der Waals surface area contributed by atoms with Gasteiger partial charge in [-0.05, 0) is 36.8 Å². The lowest BCUT2D eigenvalue weighted by molar-refractivity contribution is -0.123. The zero-order valence-corrected chi connectivity index (χ0v) is 19.8. The first-order valence-corrected chi connectivity index (χ1v) is 12.0. The van der Waals surface area contributed by atoms with Gasteiger partial charge in [-0.3, -0.25) is 4.79 Å². The van der Waals surface area contributed by atoms with Crippen LogP contribution in [0.5, 0.6) is 11.5 Å². The van der Waals surface area contributed by atoms with Crippen molar-refractivity contribution < 1.29 is 22.7 Å². The van der Waals surface area contributed by atoms with Gasteiger partial charge in [0, 0.05) is 18.2 Å². The lowest BCUT2D eigenvalue weighted by atomic mass is 10.1. The molecule has 0 aliphatic carbocycles. The normalized spacial score (nSPS) is 12.1. The van der Waals surface area contributed by atoms with Crippen molar-refractivity contribution in [3.63, 3.8) is 0 Å². The SMILES string of the molecule is COc1ccccc1CNC(=O)COc1ccc(S(=O)(=O)N[C@H](C)c2ccccc2)cc1Cl. The van der Waals surface area contributed by atoms with Gasteiger partial charge >= 0.3 is 0 Å². The first-order chi connectivity index (χ1) is 15.8. The Labute approximate surface area is 198 Å². The van der Waals surface area contributed by atoms with E-state index in [4.69, 9.17) is 21.1 Å². The van der Waals surface area contributed by atoms with E-state index in [1.807, 2.05) is 54.6 Å². The highest BCUT2D eigenvalue weighted by Gasteiger charge is 2.20. The lowest BCUT2D eigenvalue weighted by Crippen LogP contribution is -2.28. The Morgan fingerprint density at radius 2 is 1.70 bits per heavy atom. The van der Waals surface area contributed by atoms with Gasteiger partial charge in [0.2, 0.25) is 10.0 Å². The maximum Gasteiger partial charge on any atom is 0.258 e. The van der Waals surface area contributed by atoms with Gasteiger partial charge in [-0.25, -0.2) is 13.1 Å². The van der Waals surface area contributed by atoms with Crippen LogP contribution in [-0.2, 0) is 21.4 Å². The van der Waals surface area contributed by atoms with E-state index in [2.05, 4.69) is 10.0 Å². The van der Waals surface area contributed by atoms with E-state index < -0.39 is 16.1 Å². The van der Waals surface area contributed by atoms with E-state index in [-0.39, 0.29) is 34.7 Å². The highest BCUT2D eigenvalue weighted by atomic mass is 35.5. The molecule has 2 N–H and O–H groups in total. The van der Waals surface area contributed by atoms with Crippen LogP contribution in [0.4, 0.5) is 0 Å². The number of carbonyl (C=O) groups excluding carboxylic acids is 1. The predicted molar refractivity (Wildman–Crippen MR) is 127 cm³/mol. The third kappa shape index (κ3) is 6.71. The summed E-state index contributed by atoms with van der Waals surface area (Å²) < 4.78 is 38.8. The Balaban J connectivity index is 1.58. The fourth-order valence-electron chi connectivity index (χ4n) is 3.11. The van der Waals surface area contributed by atoms with E-state index in [1.165, 1.54) is 18.2 Å². The molecule has 0 aliphatic rings. The molecule has 0 aromatic heterocycles. The Bertz CT molecular complexity index is 1200. The molecule has 0 fully saturated rings. The van der Waals surface area contributed by atoms with Crippen molar-refractivity contribution in [2.24, 2.45) is 0 Å². The fraction of sp³-hybridized carbons (Fsp3) is 0.208. The molecule has 0 radical (unpaired) electrons. The van der Waals surface area contributed by atoms with Crippen molar-refractivity contribution in [2.75, 3.05) is 13.7 Å². The first-order valence-electron chi connectivity index (χ1n) is 10.2. The van der Waals surface area contributed by atoms with Crippen LogP contribution in [0.2, 0.25) is 5.02 Å². The number of benzene rings is 3. The van der Waals surface area contributed by atoms with Gasteiger partial charge < -0.3 is 14.8 Å². The third-order valence-electron chi connectivity index (χ3n) is 4.87. The minimum Gasteiger partial charge on any atom is -0.496 e. The number of amides is 1. The van der Waals surface area contributed by atoms with Crippen LogP contribution in [0.3, 0.4) is 0 Å². The van der Waals surface area contributed by atoms with Crippen LogP contribution in [0.1, 0.15) is 24.1 Å². The molecule has 9 heteroatoms. The number of nitrogens with one attached hydrogen (secondary N) is 2. The van der Waals surface area contributed by atoms with E-state index in [1.54, 1.807) is 14.0 Å². The third-order valence-corrected chi connectivity index (χ3v) is 6.71. The summed E-state index contributed by atoms with van der Waals surface area (Å²) >= 11 is 6.22. The molecule has 174 valence electrons. The summed E-state index contributed by atoms with van der Waals surface area (Å²) in [6.07, 6.45) is 0. The molecule has 7 nitrogen and oxygen atoms in total. The van der Waals surface area contributed by atoms with Crippen LogP contribution >= 0.6 is 11.6 Å². The van der Waals surface area contributed by atoms with E-state index in [0.717, 1.165) is 11.1 Å². The van der Waals surface area contributed by atoms with Crippen LogP contribution in [0.25, 0.3) is 0 Å². The monoisotopic (exact) mass is 488 g/mol. The molecule has 3 aromatic carbocycles. The maximum atomic E-state index is 12.7. The number of methoxy groups -OCH3 is 1.